The maximum absolute atomic E-state index is 2.53. The maximum atomic E-state index is 2.53. The van der Waals surface area contributed by atoms with Gasteiger partial charge in [-0.15, -0.1) is 11.3 Å². The number of hydrogen-bond acceptors (Lipinski definition) is 1. The largest absolute Gasteiger partial charge is 0.309 e. The predicted molar refractivity (Wildman–Crippen MR) is 192 cm³/mol. The smallest absolute Gasteiger partial charge is 0.0626 e. The zero-order valence-corrected chi connectivity index (χ0v) is 24.5. The summed E-state index contributed by atoms with van der Waals surface area (Å²) in [5.41, 5.74) is 3.74. The highest BCUT2D eigenvalue weighted by Gasteiger charge is 2.22. The lowest BCUT2D eigenvalue weighted by Crippen LogP contribution is -1.96. The van der Waals surface area contributed by atoms with Crippen LogP contribution < -0.4 is 0 Å². The van der Waals surface area contributed by atoms with Gasteiger partial charge in [0.15, 0.2) is 0 Å². The van der Waals surface area contributed by atoms with Crippen molar-refractivity contribution in [2.24, 2.45) is 0 Å². The molecule has 2 heteroatoms. The molecule has 2 aromatic heterocycles. The standard InChI is InChI=1S/C42H23NS/c1-2-11-30-24(8-1)20-21-34-39-38-33-14-5-6-15-35(33)43(40(38)31-12-3-4-13-32(31)42(39)44-41(30)34)29-22-27-18-16-25-9-7-10-26-17-19-28(23-29)37(27)36(25)26/h1-23H. The van der Waals surface area contributed by atoms with Crippen LogP contribution in [0.3, 0.4) is 0 Å². The molecule has 0 bridgehead atoms. The van der Waals surface area contributed by atoms with Gasteiger partial charge in [-0.2, -0.15) is 0 Å². The molecule has 0 spiro atoms. The predicted octanol–water partition coefficient (Wildman–Crippen LogP) is 12.4. The minimum Gasteiger partial charge on any atom is -0.309 e. The summed E-state index contributed by atoms with van der Waals surface area (Å²) in [5.74, 6) is 0. The lowest BCUT2D eigenvalue weighted by Gasteiger charge is -2.15. The fraction of sp³-hybridized carbons (Fsp3) is 0. The Hall–Kier alpha value is -5.44. The Labute approximate surface area is 256 Å². The molecule has 0 atom stereocenters. The number of para-hydroxylation sites is 1. The molecule has 0 aliphatic heterocycles. The van der Waals surface area contributed by atoms with Crippen molar-refractivity contribution in [2.75, 3.05) is 0 Å². The summed E-state index contributed by atoms with van der Waals surface area (Å²) in [7, 11) is 0. The van der Waals surface area contributed by atoms with E-state index in [1.165, 1.54) is 102 Å². The van der Waals surface area contributed by atoms with Gasteiger partial charge in [0, 0.05) is 47.4 Å². The van der Waals surface area contributed by atoms with Crippen LogP contribution in [-0.2, 0) is 0 Å². The number of thiophene rings is 1. The summed E-state index contributed by atoms with van der Waals surface area (Å²) in [6.45, 7) is 0. The molecular formula is C42H23NS. The normalized spacial score (nSPS) is 12.5. The van der Waals surface area contributed by atoms with E-state index in [0.717, 1.165) is 0 Å². The van der Waals surface area contributed by atoms with Gasteiger partial charge in [0.1, 0.15) is 0 Å². The van der Waals surface area contributed by atoms with Crippen LogP contribution in [-0.4, -0.2) is 4.57 Å². The van der Waals surface area contributed by atoms with Crippen LogP contribution in [0.2, 0.25) is 0 Å². The minimum absolute atomic E-state index is 1.21. The van der Waals surface area contributed by atoms with Crippen LogP contribution in [0.25, 0.3) is 102 Å². The fourth-order valence-electron chi connectivity index (χ4n) is 8.03. The Morgan fingerprint density at radius 2 is 0.955 bits per heavy atom. The van der Waals surface area contributed by atoms with Crippen LogP contribution in [0.4, 0.5) is 0 Å². The highest BCUT2D eigenvalue weighted by atomic mass is 32.1. The average molecular weight is 574 g/mol. The van der Waals surface area contributed by atoms with E-state index in [1.54, 1.807) is 0 Å². The average Bonchev–Trinajstić information content (AvgIpc) is 3.64. The van der Waals surface area contributed by atoms with Crippen LogP contribution in [0.1, 0.15) is 0 Å². The van der Waals surface area contributed by atoms with Crippen LogP contribution in [0, 0.1) is 0 Å². The van der Waals surface area contributed by atoms with Crippen molar-refractivity contribution in [1.29, 1.82) is 0 Å². The van der Waals surface area contributed by atoms with Crippen molar-refractivity contribution >= 4 is 107 Å². The molecule has 0 saturated carbocycles. The van der Waals surface area contributed by atoms with Gasteiger partial charge in [-0.25, -0.2) is 0 Å². The molecule has 44 heavy (non-hydrogen) atoms. The summed E-state index contributed by atoms with van der Waals surface area (Å²) >= 11 is 1.95. The Kier molecular flexibility index (Phi) is 4.26. The van der Waals surface area contributed by atoms with Crippen molar-refractivity contribution in [1.82, 2.24) is 4.57 Å². The van der Waals surface area contributed by atoms with Gasteiger partial charge >= 0.3 is 0 Å². The van der Waals surface area contributed by atoms with E-state index < -0.39 is 0 Å². The summed E-state index contributed by atoms with van der Waals surface area (Å²) < 4.78 is 5.28. The molecule has 9 aromatic carbocycles. The second kappa shape index (κ2) is 8.13. The molecule has 0 amide bonds. The molecule has 0 saturated heterocycles. The highest BCUT2D eigenvalue weighted by Crippen LogP contribution is 2.49. The molecule has 1 nitrogen and oxygen atoms in total. The van der Waals surface area contributed by atoms with Crippen molar-refractivity contribution in [2.45, 2.75) is 0 Å². The first kappa shape index (κ1) is 23.1. The van der Waals surface area contributed by atoms with E-state index in [0.29, 0.717) is 0 Å². The number of nitrogens with zero attached hydrogens (tertiary/aromatic N) is 1. The van der Waals surface area contributed by atoms with Crippen molar-refractivity contribution in [3.05, 3.63) is 140 Å². The van der Waals surface area contributed by atoms with E-state index in [2.05, 4.69) is 144 Å². The van der Waals surface area contributed by atoms with Crippen LogP contribution in [0.15, 0.2) is 140 Å². The lowest BCUT2D eigenvalue weighted by molar-refractivity contribution is 1.20. The molecule has 0 fully saturated rings. The third-order valence-electron chi connectivity index (χ3n) is 9.84. The Bertz CT molecular complexity index is 2930. The molecule has 11 aromatic rings. The molecule has 0 aliphatic rings. The zero-order chi connectivity index (χ0) is 28.5. The fourth-order valence-corrected chi connectivity index (χ4v) is 9.42. The molecule has 2 heterocycles. The van der Waals surface area contributed by atoms with E-state index in [1.807, 2.05) is 11.3 Å². The van der Waals surface area contributed by atoms with E-state index in [4.69, 9.17) is 0 Å². The highest BCUT2D eigenvalue weighted by molar-refractivity contribution is 7.27. The number of benzene rings is 9. The summed E-state index contributed by atoms with van der Waals surface area (Å²) in [4.78, 5) is 0. The zero-order valence-electron chi connectivity index (χ0n) is 23.6. The summed E-state index contributed by atoms with van der Waals surface area (Å²) in [5, 5.41) is 18.5. The monoisotopic (exact) mass is 573 g/mol. The Morgan fingerprint density at radius 3 is 1.75 bits per heavy atom. The summed E-state index contributed by atoms with van der Waals surface area (Å²) in [6, 6.07) is 52.0. The molecule has 11 rings (SSSR count). The Morgan fingerprint density at radius 1 is 0.364 bits per heavy atom. The number of aromatic nitrogens is 1. The topological polar surface area (TPSA) is 4.93 Å². The molecular weight excluding hydrogens is 551 g/mol. The third kappa shape index (κ3) is 2.80. The van der Waals surface area contributed by atoms with Gasteiger partial charge in [0.25, 0.3) is 0 Å². The number of hydrogen-bond donors (Lipinski definition) is 0. The SMILES string of the molecule is c1ccc2c(c1)ccc1c2sc2c3ccccc3c3c(c4ccccc4n3-c3cc4ccc5cccc6ccc(c3)c4c56)c12. The van der Waals surface area contributed by atoms with Gasteiger partial charge in [0.05, 0.1) is 11.0 Å². The van der Waals surface area contributed by atoms with E-state index in [9.17, 15) is 0 Å². The minimum atomic E-state index is 1.21. The van der Waals surface area contributed by atoms with Crippen molar-refractivity contribution < 1.29 is 0 Å². The molecule has 0 radical (unpaired) electrons. The number of rotatable bonds is 1. The van der Waals surface area contributed by atoms with Crippen molar-refractivity contribution in [3.63, 3.8) is 0 Å². The van der Waals surface area contributed by atoms with Gasteiger partial charge in [0.2, 0.25) is 0 Å². The van der Waals surface area contributed by atoms with Gasteiger partial charge in [-0.3, -0.25) is 0 Å². The second-order valence-corrected chi connectivity index (χ2v) is 13.1. The van der Waals surface area contributed by atoms with Crippen LogP contribution in [0.5, 0.6) is 0 Å². The molecule has 0 N–H and O–H groups in total. The lowest BCUT2D eigenvalue weighted by atomic mass is 9.94. The first-order valence-electron chi connectivity index (χ1n) is 15.2. The third-order valence-corrected chi connectivity index (χ3v) is 11.1. The van der Waals surface area contributed by atoms with Crippen molar-refractivity contribution in [3.8, 4) is 5.69 Å². The Balaban J connectivity index is 1.38. The summed E-state index contributed by atoms with van der Waals surface area (Å²) in [6.07, 6.45) is 0. The maximum Gasteiger partial charge on any atom is 0.0626 e. The first-order chi connectivity index (χ1) is 21.8. The molecule has 0 aliphatic carbocycles. The molecule has 0 unspecified atom stereocenters. The van der Waals surface area contributed by atoms with Crippen LogP contribution >= 0.6 is 11.3 Å². The van der Waals surface area contributed by atoms with Gasteiger partial charge < -0.3 is 4.57 Å². The van der Waals surface area contributed by atoms with E-state index >= 15 is 0 Å². The quantitative estimate of drug-likeness (QED) is 0.172. The number of fused-ring (bicyclic) bond motifs is 12. The molecule has 202 valence electrons. The van der Waals surface area contributed by atoms with Gasteiger partial charge in [-0.05, 0) is 61.3 Å². The first-order valence-corrected chi connectivity index (χ1v) is 16.0. The second-order valence-electron chi connectivity index (χ2n) is 12.1. The van der Waals surface area contributed by atoms with Gasteiger partial charge in [-0.1, -0.05) is 121 Å². The van der Waals surface area contributed by atoms with E-state index in [-0.39, 0.29) is 0 Å².